The maximum atomic E-state index is 12.3. The third kappa shape index (κ3) is 2.08. The molecule has 0 radical (unpaired) electrons. The minimum atomic E-state index is 0.00685. The minimum absolute atomic E-state index is 0.00685. The number of carbonyl (C=O) groups excluding carboxylic acids is 1. The third-order valence-corrected chi connectivity index (χ3v) is 4.92. The second-order valence-electron chi connectivity index (χ2n) is 5.43. The molecule has 2 bridgehead atoms. The Morgan fingerprint density at radius 3 is 2.50 bits per heavy atom. The minimum Gasteiger partial charge on any atom is -0.327 e. The molecule has 4 unspecified atom stereocenters. The summed E-state index contributed by atoms with van der Waals surface area (Å²) >= 11 is 3.38. The summed E-state index contributed by atoms with van der Waals surface area (Å²) < 4.78 is 1.01. The van der Waals surface area contributed by atoms with Crippen molar-refractivity contribution in [3.8, 4) is 0 Å². The predicted molar refractivity (Wildman–Crippen MR) is 75.1 cm³/mol. The fraction of sp³-hybridized carbons (Fsp3) is 0.500. The Kier molecular flexibility index (Phi) is 3.16. The molecule has 18 heavy (non-hydrogen) atoms. The molecule has 1 aromatic rings. The summed E-state index contributed by atoms with van der Waals surface area (Å²) in [7, 11) is 0. The van der Waals surface area contributed by atoms with E-state index in [2.05, 4.69) is 21.2 Å². The molecule has 3 N–H and O–H groups in total. The monoisotopic (exact) mass is 308 g/mol. The number of rotatable bonds is 2. The highest BCUT2D eigenvalue weighted by atomic mass is 79.9. The molecule has 2 saturated carbocycles. The predicted octanol–water partition coefficient (Wildman–Crippen LogP) is 2.76. The number of amides is 1. The molecule has 96 valence electrons. The SMILES string of the molecule is NC1C2CCC(C2)C1C(=O)Nc1ccc(Br)cc1. The molecule has 3 nitrogen and oxygen atoms in total. The molecule has 0 saturated heterocycles. The molecule has 0 aromatic heterocycles. The van der Waals surface area contributed by atoms with Crippen LogP contribution < -0.4 is 11.1 Å². The lowest BCUT2D eigenvalue weighted by Crippen LogP contribution is -2.42. The first-order chi connectivity index (χ1) is 8.65. The van der Waals surface area contributed by atoms with E-state index in [1.807, 2.05) is 24.3 Å². The molecule has 1 aromatic carbocycles. The van der Waals surface area contributed by atoms with Gasteiger partial charge in [0.2, 0.25) is 5.91 Å². The first-order valence-electron chi connectivity index (χ1n) is 6.47. The van der Waals surface area contributed by atoms with Gasteiger partial charge in [0, 0.05) is 16.2 Å². The number of anilines is 1. The number of carbonyl (C=O) groups is 1. The van der Waals surface area contributed by atoms with Crippen LogP contribution in [0.5, 0.6) is 0 Å². The van der Waals surface area contributed by atoms with Crippen LogP contribution in [-0.4, -0.2) is 11.9 Å². The molecular weight excluding hydrogens is 292 g/mol. The Balaban J connectivity index is 1.70. The quantitative estimate of drug-likeness (QED) is 0.882. The molecular formula is C14H17BrN2O. The summed E-state index contributed by atoms with van der Waals surface area (Å²) in [5.74, 6) is 1.17. The van der Waals surface area contributed by atoms with Crippen molar-refractivity contribution >= 4 is 27.5 Å². The maximum absolute atomic E-state index is 12.3. The first-order valence-corrected chi connectivity index (χ1v) is 7.26. The average molecular weight is 309 g/mol. The van der Waals surface area contributed by atoms with Crippen LogP contribution in [0, 0.1) is 17.8 Å². The Labute approximate surface area is 115 Å². The first kappa shape index (κ1) is 12.2. The van der Waals surface area contributed by atoms with Gasteiger partial charge in [-0.3, -0.25) is 4.79 Å². The van der Waals surface area contributed by atoms with Gasteiger partial charge in [-0.2, -0.15) is 0 Å². The summed E-state index contributed by atoms with van der Waals surface area (Å²) in [5.41, 5.74) is 7.02. The van der Waals surface area contributed by atoms with Crippen LogP contribution in [0.2, 0.25) is 0 Å². The van der Waals surface area contributed by atoms with E-state index < -0.39 is 0 Å². The zero-order chi connectivity index (χ0) is 12.7. The largest absolute Gasteiger partial charge is 0.327 e. The molecule has 2 aliphatic rings. The van der Waals surface area contributed by atoms with Crippen molar-refractivity contribution in [2.75, 3.05) is 5.32 Å². The Bertz CT molecular complexity index is 457. The number of benzene rings is 1. The van der Waals surface area contributed by atoms with Crippen LogP contribution in [0.25, 0.3) is 0 Å². The van der Waals surface area contributed by atoms with Crippen molar-refractivity contribution in [1.29, 1.82) is 0 Å². The van der Waals surface area contributed by atoms with Gasteiger partial charge in [0.25, 0.3) is 0 Å². The molecule has 0 aliphatic heterocycles. The zero-order valence-corrected chi connectivity index (χ0v) is 11.7. The fourth-order valence-corrected chi connectivity index (χ4v) is 3.75. The van der Waals surface area contributed by atoms with Crippen molar-refractivity contribution in [2.24, 2.45) is 23.5 Å². The molecule has 4 heteroatoms. The van der Waals surface area contributed by atoms with Gasteiger partial charge in [-0.15, -0.1) is 0 Å². The van der Waals surface area contributed by atoms with E-state index in [1.165, 1.54) is 6.42 Å². The van der Waals surface area contributed by atoms with Gasteiger partial charge in [-0.1, -0.05) is 15.9 Å². The summed E-state index contributed by atoms with van der Waals surface area (Å²) in [5, 5.41) is 2.99. The normalized spacial score (nSPS) is 33.7. The van der Waals surface area contributed by atoms with E-state index in [9.17, 15) is 4.79 Å². The summed E-state index contributed by atoms with van der Waals surface area (Å²) in [4.78, 5) is 12.3. The van der Waals surface area contributed by atoms with Crippen molar-refractivity contribution < 1.29 is 4.79 Å². The summed E-state index contributed by atoms with van der Waals surface area (Å²) in [6, 6.07) is 7.72. The van der Waals surface area contributed by atoms with Gasteiger partial charge >= 0.3 is 0 Å². The maximum Gasteiger partial charge on any atom is 0.229 e. The van der Waals surface area contributed by atoms with Crippen molar-refractivity contribution in [2.45, 2.75) is 25.3 Å². The van der Waals surface area contributed by atoms with Gasteiger partial charge < -0.3 is 11.1 Å². The number of nitrogens with one attached hydrogen (secondary N) is 1. The van der Waals surface area contributed by atoms with E-state index in [4.69, 9.17) is 5.73 Å². The number of hydrogen-bond donors (Lipinski definition) is 2. The highest BCUT2D eigenvalue weighted by Crippen LogP contribution is 2.47. The molecule has 4 atom stereocenters. The van der Waals surface area contributed by atoms with Crippen LogP contribution in [0.4, 0.5) is 5.69 Å². The third-order valence-electron chi connectivity index (χ3n) is 4.40. The second-order valence-corrected chi connectivity index (χ2v) is 6.35. The van der Waals surface area contributed by atoms with E-state index in [-0.39, 0.29) is 17.9 Å². The van der Waals surface area contributed by atoms with Crippen LogP contribution in [0.3, 0.4) is 0 Å². The molecule has 1 amide bonds. The van der Waals surface area contributed by atoms with E-state index in [0.29, 0.717) is 11.8 Å². The van der Waals surface area contributed by atoms with Gasteiger partial charge in [0.15, 0.2) is 0 Å². The van der Waals surface area contributed by atoms with Gasteiger partial charge in [0.1, 0.15) is 0 Å². The van der Waals surface area contributed by atoms with Crippen molar-refractivity contribution in [3.05, 3.63) is 28.7 Å². The van der Waals surface area contributed by atoms with Crippen molar-refractivity contribution in [1.82, 2.24) is 0 Å². The van der Waals surface area contributed by atoms with Gasteiger partial charge in [0.05, 0.1) is 5.92 Å². The Morgan fingerprint density at radius 2 is 1.89 bits per heavy atom. The Morgan fingerprint density at radius 1 is 1.22 bits per heavy atom. The van der Waals surface area contributed by atoms with Crippen LogP contribution >= 0.6 is 15.9 Å². The second kappa shape index (κ2) is 4.67. The smallest absolute Gasteiger partial charge is 0.229 e. The van der Waals surface area contributed by atoms with Crippen LogP contribution in [0.15, 0.2) is 28.7 Å². The van der Waals surface area contributed by atoms with Gasteiger partial charge in [-0.25, -0.2) is 0 Å². The molecule has 2 aliphatic carbocycles. The molecule has 3 rings (SSSR count). The molecule has 2 fully saturated rings. The summed E-state index contributed by atoms with van der Waals surface area (Å²) in [6.07, 6.45) is 3.50. The van der Waals surface area contributed by atoms with Crippen molar-refractivity contribution in [3.63, 3.8) is 0 Å². The summed E-state index contributed by atoms with van der Waals surface area (Å²) in [6.45, 7) is 0. The topological polar surface area (TPSA) is 55.1 Å². The van der Waals surface area contributed by atoms with E-state index >= 15 is 0 Å². The van der Waals surface area contributed by atoms with Crippen LogP contribution in [-0.2, 0) is 4.79 Å². The highest BCUT2D eigenvalue weighted by Gasteiger charge is 2.48. The zero-order valence-electron chi connectivity index (χ0n) is 10.1. The van der Waals surface area contributed by atoms with E-state index in [1.54, 1.807) is 0 Å². The Hall–Kier alpha value is -0.870. The molecule has 0 spiro atoms. The standard InChI is InChI=1S/C14H17BrN2O/c15-10-3-5-11(6-4-10)17-14(18)12-8-1-2-9(7-8)13(12)16/h3-6,8-9,12-13H,1-2,7,16H2,(H,17,18). The number of hydrogen-bond acceptors (Lipinski definition) is 2. The lowest BCUT2D eigenvalue weighted by atomic mass is 9.84. The number of fused-ring (bicyclic) bond motifs is 2. The molecule has 0 heterocycles. The van der Waals surface area contributed by atoms with Gasteiger partial charge in [-0.05, 0) is 55.4 Å². The average Bonchev–Trinajstić information content (AvgIpc) is 2.92. The number of nitrogens with two attached hydrogens (primary N) is 1. The lowest BCUT2D eigenvalue weighted by Gasteiger charge is -2.27. The van der Waals surface area contributed by atoms with Crippen LogP contribution in [0.1, 0.15) is 19.3 Å². The van der Waals surface area contributed by atoms with E-state index in [0.717, 1.165) is 23.0 Å². The lowest BCUT2D eigenvalue weighted by molar-refractivity contribution is -0.121. The number of halogens is 1. The fourth-order valence-electron chi connectivity index (χ4n) is 3.48. The highest BCUT2D eigenvalue weighted by molar-refractivity contribution is 9.10.